The third-order valence-electron chi connectivity index (χ3n) is 2.74. The second-order valence-electron chi connectivity index (χ2n) is 4.06. The van der Waals surface area contributed by atoms with Gasteiger partial charge in [-0.3, -0.25) is 0 Å². The molecule has 0 aliphatic heterocycles. The molecule has 0 aliphatic rings. The van der Waals surface area contributed by atoms with Crippen molar-refractivity contribution in [3.8, 4) is 11.5 Å². The number of nitrogens with one attached hydrogen (secondary N) is 2. The van der Waals surface area contributed by atoms with Crippen molar-refractivity contribution in [3.63, 3.8) is 0 Å². The summed E-state index contributed by atoms with van der Waals surface area (Å²) >= 11 is 6.12. The van der Waals surface area contributed by atoms with Gasteiger partial charge in [-0.2, -0.15) is 9.97 Å². The van der Waals surface area contributed by atoms with Gasteiger partial charge in [0.15, 0.2) is 0 Å². The van der Waals surface area contributed by atoms with Crippen LogP contribution in [0.4, 0.5) is 23.3 Å². The van der Waals surface area contributed by atoms with E-state index in [1.807, 2.05) is 0 Å². The first-order chi connectivity index (χ1) is 10.1. The Hall–Kier alpha value is -2.41. The summed E-state index contributed by atoms with van der Waals surface area (Å²) in [5.41, 5.74) is 6.30. The summed E-state index contributed by atoms with van der Waals surface area (Å²) in [7, 11) is 4.84. The van der Waals surface area contributed by atoms with Crippen molar-refractivity contribution in [2.45, 2.75) is 0 Å². The van der Waals surface area contributed by atoms with E-state index in [2.05, 4.69) is 20.6 Å². The quantitative estimate of drug-likeness (QED) is 0.781. The molecule has 1 heterocycles. The first kappa shape index (κ1) is 15.0. The number of hydrogen-bond acceptors (Lipinski definition) is 7. The van der Waals surface area contributed by atoms with E-state index >= 15 is 0 Å². The van der Waals surface area contributed by atoms with E-state index in [0.29, 0.717) is 33.8 Å². The Bertz CT molecular complexity index is 651. The number of methoxy groups -OCH3 is 2. The molecule has 2 rings (SSSR count). The van der Waals surface area contributed by atoms with Gasteiger partial charge in [-0.15, -0.1) is 0 Å². The third-order valence-corrected chi connectivity index (χ3v) is 3.03. The monoisotopic (exact) mass is 309 g/mol. The summed E-state index contributed by atoms with van der Waals surface area (Å²) in [6, 6.07) is 5.10. The molecule has 0 atom stereocenters. The van der Waals surface area contributed by atoms with Crippen LogP contribution in [0.2, 0.25) is 5.02 Å². The fraction of sp³-hybridized carbons (Fsp3) is 0.231. The summed E-state index contributed by atoms with van der Waals surface area (Å²) in [6.07, 6.45) is 0. The highest BCUT2D eigenvalue weighted by molar-refractivity contribution is 6.32. The van der Waals surface area contributed by atoms with E-state index in [0.717, 1.165) is 0 Å². The Labute approximate surface area is 127 Å². The minimum absolute atomic E-state index is 0.155. The predicted molar refractivity (Wildman–Crippen MR) is 83.8 cm³/mol. The maximum absolute atomic E-state index is 6.12. The van der Waals surface area contributed by atoms with E-state index in [1.165, 1.54) is 7.11 Å². The number of nitrogens with zero attached hydrogens (tertiary/aromatic N) is 2. The van der Waals surface area contributed by atoms with Crippen molar-refractivity contribution >= 4 is 34.9 Å². The van der Waals surface area contributed by atoms with Gasteiger partial charge in [0.2, 0.25) is 5.95 Å². The van der Waals surface area contributed by atoms with E-state index < -0.39 is 0 Å². The second-order valence-corrected chi connectivity index (χ2v) is 4.47. The fourth-order valence-electron chi connectivity index (χ4n) is 1.75. The number of nitrogens with two attached hydrogens (primary N) is 1. The Morgan fingerprint density at radius 1 is 1.05 bits per heavy atom. The van der Waals surface area contributed by atoms with E-state index in [9.17, 15) is 0 Å². The predicted octanol–water partition coefficient (Wildman–Crippen LogP) is 2.51. The Morgan fingerprint density at radius 2 is 1.71 bits per heavy atom. The lowest BCUT2D eigenvalue weighted by atomic mass is 10.2. The van der Waals surface area contributed by atoms with Crippen LogP contribution < -0.4 is 25.8 Å². The number of halogens is 1. The summed E-state index contributed by atoms with van der Waals surface area (Å²) in [6.45, 7) is 0. The zero-order valence-corrected chi connectivity index (χ0v) is 12.7. The highest BCUT2D eigenvalue weighted by atomic mass is 35.5. The van der Waals surface area contributed by atoms with Gasteiger partial charge < -0.3 is 25.8 Å². The van der Waals surface area contributed by atoms with Crippen LogP contribution in [-0.2, 0) is 0 Å². The molecule has 21 heavy (non-hydrogen) atoms. The van der Waals surface area contributed by atoms with Gasteiger partial charge in [0.25, 0.3) is 0 Å². The van der Waals surface area contributed by atoms with Crippen molar-refractivity contribution in [1.82, 2.24) is 9.97 Å². The molecule has 8 heteroatoms. The van der Waals surface area contributed by atoms with Crippen LogP contribution in [-0.4, -0.2) is 31.2 Å². The number of aromatic nitrogens is 2. The van der Waals surface area contributed by atoms with E-state index in [-0.39, 0.29) is 5.95 Å². The maximum Gasteiger partial charge on any atom is 0.223 e. The van der Waals surface area contributed by atoms with Crippen LogP contribution in [0.15, 0.2) is 18.2 Å². The smallest absolute Gasteiger partial charge is 0.223 e. The Morgan fingerprint density at radius 3 is 2.33 bits per heavy atom. The lowest BCUT2D eigenvalue weighted by molar-refractivity contribution is 0.396. The lowest BCUT2D eigenvalue weighted by Crippen LogP contribution is -2.04. The molecule has 1 aromatic carbocycles. The molecule has 0 fully saturated rings. The van der Waals surface area contributed by atoms with Gasteiger partial charge in [0.05, 0.1) is 24.9 Å². The van der Waals surface area contributed by atoms with Gasteiger partial charge in [-0.05, 0) is 6.07 Å². The highest BCUT2D eigenvalue weighted by Crippen LogP contribution is 2.37. The molecule has 112 valence electrons. The molecular formula is C13H16ClN5O2. The molecule has 7 nitrogen and oxygen atoms in total. The van der Waals surface area contributed by atoms with Crippen LogP contribution in [0, 0.1) is 0 Å². The summed E-state index contributed by atoms with van der Waals surface area (Å²) in [4.78, 5) is 8.13. The van der Waals surface area contributed by atoms with Gasteiger partial charge in [-0.1, -0.05) is 11.6 Å². The maximum atomic E-state index is 6.12. The number of ether oxygens (including phenoxy) is 2. The molecule has 1 aromatic heterocycles. The summed E-state index contributed by atoms with van der Waals surface area (Å²) in [5.74, 6) is 2.37. The van der Waals surface area contributed by atoms with Crippen LogP contribution in [0.25, 0.3) is 0 Å². The zero-order valence-electron chi connectivity index (χ0n) is 11.9. The molecule has 0 radical (unpaired) electrons. The molecule has 0 saturated heterocycles. The number of nitrogen functional groups attached to an aromatic ring is 1. The average Bonchev–Trinajstić information content (AvgIpc) is 2.47. The largest absolute Gasteiger partial charge is 0.495 e. The van der Waals surface area contributed by atoms with Crippen molar-refractivity contribution < 1.29 is 9.47 Å². The number of benzene rings is 1. The normalized spacial score (nSPS) is 10.1. The molecule has 0 aliphatic carbocycles. The zero-order chi connectivity index (χ0) is 15.4. The summed E-state index contributed by atoms with van der Waals surface area (Å²) < 4.78 is 10.5. The molecule has 0 unspecified atom stereocenters. The first-order valence-electron chi connectivity index (χ1n) is 6.08. The minimum Gasteiger partial charge on any atom is -0.495 e. The lowest BCUT2D eigenvalue weighted by Gasteiger charge is -2.14. The molecule has 0 bridgehead atoms. The van der Waals surface area contributed by atoms with Crippen LogP contribution in [0.3, 0.4) is 0 Å². The number of anilines is 4. The number of hydrogen-bond donors (Lipinski definition) is 3. The Balaban J connectivity index is 2.39. The fourth-order valence-corrected chi connectivity index (χ4v) is 1.99. The van der Waals surface area contributed by atoms with E-state index in [1.54, 1.807) is 32.4 Å². The first-order valence-corrected chi connectivity index (χ1v) is 6.46. The summed E-state index contributed by atoms with van der Waals surface area (Å²) in [5, 5.41) is 6.45. The van der Waals surface area contributed by atoms with Gasteiger partial charge in [0.1, 0.15) is 23.1 Å². The average molecular weight is 310 g/mol. The molecular weight excluding hydrogens is 294 g/mol. The van der Waals surface area contributed by atoms with Crippen molar-refractivity contribution in [2.24, 2.45) is 0 Å². The van der Waals surface area contributed by atoms with Crippen LogP contribution in [0.1, 0.15) is 0 Å². The van der Waals surface area contributed by atoms with Gasteiger partial charge in [-0.25, -0.2) is 0 Å². The molecule has 0 amide bonds. The SMILES string of the molecule is CNc1cc(Nc2cc(Cl)c(OC)cc2OC)nc(N)n1. The van der Waals surface area contributed by atoms with Crippen molar-refractivity contribution in [1.29, 1.82) is 0 Å². The van der Waals surface area contributed by atoms with E-state index in [4.69, 9.17) is 26.8 Å². The van der Waals surface area contributed by atoms with Gasteiger partial charge >= 0.3 is 0 Å². The van der Waals surface area contributed by atoms with Crippen molar-refractivity contribution in [3.05, 3.63) is 23.2 Å². The van der Waals surface area contributed by atoms with Crippen LogP contribution in [0.5, 0.6) is 11.5 Å². The molecule has 2 aromatic rings. The topological polar surface area (TPSA) is 94.3 Å². The molecule has 0 spiro atoms. The number of rotatable bonds is 5. The third kappa shape index (κ3) is 3.38. The molecule has 0 saturated carbocycles. The van der Waals surface area contributed by atoms with Crippen LogP contribution >= 0.6 is 11.6 Å². The standard InChI is InChI=1S/C13H16ClN5O2/c1-16-11-6-12(19-13(15)18-11)17-8-4-7(14)9(20-2)5-10(8)21-3/h4-6H,1-3H3,(H4,15,16,17,18,19). The Kier molecular flexibility index (Phi) is 4.54. The highest BCUT2D eigenvalue weighted by Gasteiger charge is 2.11. The molecule has 4 N–H and O–H groups in total. The van der Waals surface area contributed by atoms with Crippen molar-refractivity contribution in [2.75, 3.05) is 37.6 Å². The van der Waals surface area contributed by atoms with Gasteiger partial charge in [0, 0.05) is 19.2 Å². The second kappa shape index (κ2) is 6.36. The minimum atomic E-state index is 0.155.